The van der Waals surface area contributed by atoms with Gasteiger partial charge in [-0.25, -0.2) is 4.98 Å². The summed E-state index contributed by atoms with van der Waals surface area (Å²) in [6.07, 6.45) is 4.30. The number of amides is 1. The number of aromatic nitrogens is 2. The van der Waals surface area contributed by atoms with Crippen molar-refractivity contribution in [1.82, 2.24) is 14.3 Å². The summed E-state index contributed by atoms with van der Waals surface area (Å²) in [4.78, 5) is 21.5. The molecule has 1 aromatic carbocycles. The van der Waals surface area contributed by atoms with Crippen LogP contribution in [0.2, 0.25) is 0 Å². The van der Waals surface area contributed by atoms with Gasteiger partial charge < -0.3 is 14.2 Å². The van der Waals surface area contributed by atoms with Crippen LogP contribution in [0.25, 0.3) is 5.65 Å². The quantitative estimate of drug-likeness (QED) is 0.739. The Morgan fingerprint density at radius 3 is 2.52 bits per heavy atom. The minimum absolute atomic E-state index is 0.161. The molecule has 2 aromatic heterocycles. The lowest BCUT2D eigenvalue weighted by molar-refractivity contribution is -0.130. The van der Waals surface area contributed by atoms with Crippen LogP contribution in [0.5, 0.6) is 0 Å². The number of hydrogen-bond donors (Lipinski definition) is 0. The van der Waals surface area contributed by atoms with E-state index in [4.69, 9.17) is 0 Å². The van der Waals surface area contributed by atoms with Crippen molar-refractivity contribution in [1.29, 1.82) is 0 Å². The van der Waals surface area contributed by atoms with E-state index in [1.165, 1.54) is 5.69 Å². The molecule has 1 saturated heterocycles. The van der Waals surface area contributed by atoms with Gasteiger partial charge in [0.2, 0.25) is 5.91 Å². The second-order valence-electron chi connectivity index (χ2n) is 6.53. The van der Waals surface area contributed by atoms with E-state index in [0.717, 1.165) is 43.1 Å². The zero-order valence-corrected chi connectivity index (χ0v) is 14.4. The van der Waals surface area contributed by atoms with Crippen molar-refractivity contribution in [2.75, 3.05) is 31.1 Å². The van der Waals surface area contributed by atoms with Crippen molar-refractivity contribution in [3.05, 3.63) is 66.1 Å². The van der Waals surface area contributed by atoms with E-state index < -0.39 is 0 Å². The van der Waals surface area contributed by atoms with Crippen molar-refractivity contribution < 1.29 is 4.79 Å². The molecular weight excluding hydrogens is 312 g/mol. The number of carbonyl (C=O) groups is 1. The maximum absolute atomic E-state index is 12.6. The molecule has 128 valence electrons. The standard InChI is InChI=1S/C20H22N4O/c1-16-6-5-9-24-15-17(21-20(16)24)14-19(25)23-12-10-22(11-13-23)18-7-3-2-4-8-18/h2-9,15H,10-14H2,1H3. The van der Waals surface area contributed by atoms with Crippen molar-refractivity contribution in [3.63, 3.8) is 0 Å². The number of para-hydroxylation sites is 1. The number of nitrogens with zero attached hydrogens (tertiary/aromatic N) is 4. The van der Waals surface area contributed by atoms with Gasteiger partial charge in [0.15, 0.2) is 0 Å². The number of piperazine rings is 1. The fourth-order valence-electron chi connectivity index (χ4n) is 3.41. The van der Waals surface area contributed by atoms with Gasteiger partial charge in [0.1, 0.15) is 5.65 Å². The number of fused-ring (bicyclic) bond motifs is 1. The van der Waals surface area contributed by atoms with Gasteiger partial charge in [-0.1, -0.05) is 24.3 Å². The molecule has 25 heavy (non-hydrogen) atoms. The van der Waals surface area contributed by atoms with Crippen LogP contribution in [0.1, 0.15) is 11.3 Å². The van der Waals surface area contributed by atoms with Crippen LogP contribution in [-0.2, 0) is 11.2 Å². The van der Waals surface area contributed by atoms with E-state index >= 15 is 0 Å². The van der Waals surface area contributed by atoms with Crippen molar-refractivity contribution in [3.8, 4) is 0 Å². The van der Waals surface area contributed by atoms with Gasteiger partial charge in [0.25, 0.3) is 0 Å². The third-order valence-corrected chi connectivity index (χ3v) is 4.81. The summed E-state index contributed by atoms with van der Waals surface area (Å²) in [5, 5.41) is 0. The molecule has 0 unspecified atom stereocenters. The Balaban J connectivity index is 1.39. The van der Waals surface area contributed by atoms with E-state index in [-0.39, 0.29) is 5.91 Å². The first-order chi connectivity index (χ1) is 12.2. The van der Waals surface area contributed by atoms with Gasteiger partial charge in [-0.3, -0.25) is 4.79 Å². The minimum atomic E-state index is 0.161. The summed E-state index contributed by atoms with van der Waals surface area (Å²) in [6.45, 7) is 5.32. The number of benzene rings is 1. The number of pyridine rings is 1. The molecule has 3 heterocycles. The van der Waals surface area contributed by atoms with Crippen LogP contribution in [0.15, 0.2) is 54.9 Å². The van der Waals surface area contributed by atoms with E-state index in [9.17, 15) is 4.79 Å². The maximum atomic E-state index is 12.6. The van der Waals surface area contributed by atoms with Crippen LogP contribution in [0.4, 0.5) is 5.69 Å². The fourth-order valence-corrected chi connectivity index (χ4v) is 3.41. The number of rotatable bonds is 3. The smallest absolute Gasteiger partial charge is 0.228 e. The third-order valence-electron chi connectivity index (χ3n) is 4.81. The summed E-state index contributed by atoms with van der Waals surface area (Å²) in [5.74, 6) is 0.161. The lowest BCUT2D eigenvalue weighted by atomic mass is 10.2. The number of anilines is 1. The monoisotopic (exact) mass is 334 g/mol. The maximum Gasteiger partial charge on any atom is 0.228 e. The molecule has 0 radical (unpaired) electrons. The van der Waals surface area contributed by atoms with Gasteiger partial charge in [0, 0.05) is 44.3 Å². The number of imidazole rings is 1. The summed E-state index contributed by atoms with van der Waals surface area (Å²) < 4.78 is 1.99. The predicted molar refractivity (Wildman–Crippen MR) is 98.9 cm³/mol. The second kappa shape index (κ2) is 6.59. The summed E-state index contributed by atoms with van der Waals surface area (Å²) in [6, 6.07) is 14.4. The molecule has 3 aromatic rings. The average molecular weight is 334 g/mol. The highest BCUT2D eigenvalue weighted by Crippen LogP contribution is 2.16. The Bertz CT molecular complexity index is 879. The van der Waals surface area contributed by atoms with Crippen molar-refractivity contribution in [2.24, 2.45) is 0 Å². The zero-order chi connectivity index (χ0) is 17.2. The van der Waals surface area contributed by atoms with E-state index in [0.29, 0.717) is 6.42 Å². The Morgan fingerprint density at radius 1 is 1.04 bits per heavy atom. The highest BCUT2D eigenvalue weighted by atomic mass is 16.2. The molecule has 4 rings (SSSR count). The third kappa shape index (κ3) is 3.22. The fraction of sp³-hybridized carbons (Fsp3) is 0.300. The lowest BCUT2D eigenvalue weighted by Gasteiger charge is -2.36. The van der Waals surface area contributed by atoms with E-state index in [2.05, 4.69) is 34.1 Å². The summed E-state index contributed by atoms with van der Waals surface area (Å²) in [5.41, 5.74) is 4.12. The molecule has 5 heteroatoms. The normalized spacial score (nSPS) is 14.9. The first-order valence-corrected chi connectivity index (χ1v) is 8.72. The first-order valence-electron chi connectivity index (χ1n) is 8.72. The Labute approximate surface area is 147 Å². The Morgan fingerprint density at radius 2 is 1.80 bits per heavy atom. The van der Waals surface area contributed by atoms with Gasteiger partial charge in [-0.15, -0.1) is 0 Å². The molecule has 1 aliphatic heterocycles. The van der Waals surface area contributed by atoms with E-state index in [1.54, 1.807) is 0 Å². The molecule has 1 fully saturated rings. The van der Waals surface area contributed by atoms with Crippen LogP contribution in [-0.4, -0.2) is 46.4 Å². The molecule has 0 N–H and O–H groups in total. The number of aryl methyl sites for hydroxylation is 1. The number of carbonyl (C=O) groups excluding carboxylic acids is 1. The van der Waals surface area contributed by atoms with Crippen LogP contribution in [0.3, 0.4) is 0 Å². The van der Waals surface area contributed by atoms with E-state index in [1.807, 2.05) is 46.8 Å². The Hall–Kier alpha value is -2.82. The minimum Gasteiger partial charge on any atom is -0.368 e. The van der Waals surface area contributed by atoms with Gasteiger partial charge >= 0.3 is 0 Å². The van der Waals surface area contributed by atoms with Crippen LogP contribution in [0, 0.1) is 6.92 Å². The Kier molecular flexibility index (Phi) is 4.14. The van der Waals surface area contributed by atoms with Gasteiger partial charge in [-0.05, 0) is 30.7 Å². The molecule has 5 nitrogen and oxygen atoms in total. The second-order valence-corrected chi connectivity index (χ2v) is 6.53. The predicted octanol–water partition coefficient (Wildman–Crippen LogP) is 2.53. The van der Waals surface area contributed by atoms with Gasteiger partial charge in [0.05, 0.1) is 12.1 Å². The van der Waals surface area contributed by atoms with Gasteiger partial charge in [-0.2, -0.15) is 0 Å². The van der Waals surface area contributed by atoms with Crippen molar-refractivity contribution in [2.45, 2.75) is 13.3 Å². The highest BCUT2D eigenvalue weighted by Gasteiger charge is 2.22. The molecule has 0 bridgehead atoms. The lowest BCUT2D eigenvalue weighted by Crippen LogP contribution is -2.49. The molecule has 1 aliphatic rings. The molecular formula is C20H22N4O. The molecule has 0 aliphatic carbocycles. The molecule has 0 spiro atoms. The topological polar surface area (TPSA) is 40.9 Å². The van der Waals surface area contributed by atoms with Crippen LogP contribution >= 0.6 is 0 Å². The highest BCUT2D eigenvalue weighted by molar-refractivity contribution is 5.79. The molecule has 1 amide bonds. The van der Waals surface area contributed by atoms with Crippen molar-refractivity contribution >= 4 is 17.2 Å². The van der Waals surface area contributed by atoms with Crippen LogP contribution < -0.4 is 4.90 Å². The SMILES string of the molecule is Cc1cccn2cc(CC(=O)N3CCN(c4ccccc4)CC3)nc12. The summed E-state index contributed by atoms with van der Waals surface area (Å²) >= 11 is 0. The molecule has 0 saturated carbocycles. The largest absolute Gasteiger partial charge is 0.368 e. The summed E-state index contributed by atoms with van der Waals surface area (Å²) in [7, 11) is 0. The zero-order valence-electron chi connectivity index (χ0n) is 14.4. The number of hydrogen-bond acceptors (Lipinski definition) is 3. The average Bonchev–Trinajstić information content (AvgIpc) is 3.06. The first kappa shape index (κ1) is 15.7. The molecule has 0 atom stereocenters.